The Morgan fingerprint density at radius 3 is 2.87 bits per heavy atom. The summed E-state index contributed by atoms with van der Waals surface area (Å²) in [6.07, 6.45) is 5.00. The number of nitrogens with one attached hydrogen (secondary N) is 1. The second-order valence-electron chi connectivity index (χ2n) is 8.81. The van der Waals surface area contributed by atoms with Gasteiger partial charge in [-0.2, -0.15) is 5.26 Å². The number of carbonyl (C=O) groups is 1. The molecular formula is C25H23N5O. The summed E-state index contributed by atoms with van der Waals surface area (Å²) in [7, 11) is 0. The van der Waals surface area contributed by atoms with Crippen molar-refractivity contribution in [2.75, 3.05) is 38.0 Å². The third kappa shape index (κ3) is 3.31. The summed E-state index contributed by atoms with van der Waals surface area (Å²) in [6.45, 7) is 4.17. The van der Waals surface area contributed by atoms with Gasteiger partial charge in [-0.15, -0.1) is 0 Å². The van der Waals surface area contributed by atoms with Crippen LogP contribution in [0.15, 0.2) is 53.0 Å². The molecule has 2 unspecified atom stereocenters. The van der Waals surface area contributed by atoms with E-state index in [-0.39, 0.29) is 11.9 Å². The Labute approximate surface area is 181 Å². The van der Waals surface area contributed by atoms with Crippen LogP contribution in [0.5, 0.6) is 0 Å². The second kappa shape index (κ2) is 7.07. The van der Waals surface area contributed by atoms with Gasteiger partial charge < -0.3 is 10.2 Å². The molecule has 2 aromatic rings. The van der Waals surface area contributed by atoms with Crippen LogP contribution in [0.2, 0.25) is 0 Å². The molecule has 1 amide bonds. The van der Waals surface area contributed by atoms with Gasteiger partial charge in [0.05, 0.1) is 17.7 Å². The fourth-order valence-corrected chi connectivity index (χ4v) is 4.80. The Kier molecular flexibility index (Phi) is 4.18. The lowest BCUT2D eigenvalue weighted by molar-refractivity contribution is -0.131. The molecule has 0 bridgehead atoms. The molecule has 4 aliphatic rings. The van der Waals surface area contributed by atoms with Crippen LogP contribution in [0.25, 0.3) is 11.1 Å². The molecule has 0 spiro atoms. The number of nitrogens with zero attached hydrogens (tertiary/aromatic N) is 4. The molecule has 1 N–H and O–H groups in total. The molecule has 4 heterocycles. The summed E-state index contributed by atoms with van der Waals surface area (Å²) in [5, 5.41) is 12.9. The monoisotopic (exact) mass is 409 g/mol. The third-order valence-corrected chi connectivity index (χ3v) is 6.65. The van der Waals surface area contributed by atoms with Crippen LogP contribution in [0.1, 0.15) is 16.7 Å². The molecule has 2 aromatic carbocycles. The Balaban J connectivity index is 1.22. The minimum absolute atomic E-state index is 0.191. The van der Waals surface area contributed by atoms with Gasteiger partial charge in [-0.25, -0.2) is 0 Å². The molecule has 0 aromatic heterocycles. The van der Waals surface area contributed by atoms with Gasteiger partial charge >= 0.3 is 0 Å². The maximum absolute atomic E-state index is 12.7. The van der Waals surface area contributed by atoms with Crippen LogP contribution in [-0.4, -0.2) is 66.7 Å². The number of anilines is 1. The number of hydrogen-bond donors (Lipinski definition) is 1. The van der Waals surface area contributed by atoms with Gasteiger partial charge in [0.25, 0.3) is 5.91 Å². The summed E-state index contributed by atoms with van der Waals surface area (Å²) in [4.78, 5) is 21.4. The van der Waals surface area contributed by atoms with Crippen molar-refractivity contribution in [2.45, 2.75) is 18.5 Å². The highest BCUT2D eigenvalue weighted by Crippen LogP contribution is 2.33. The second-order valence-corrected chi connectivity index (χ2v) is 8.81. The van der Waals surface area contributed by atoms with Gasteiger partial charge in [0.2, 0.25) is 0 Å². The molecule has 154 valence electrons. The number of benzene rings is 2. The number of rotatable bonds is 4. The number of aliphatic imine (C=N–C) groups is 1. The standard InChI is InChI=1S/C25H23N5O/c26-10-16-2-1-3-17(6-16)19-7-18-4-5-27-11-23(18)24(9-19)28-21-13-30(14-21)25(31)20-8-22-15-29(22)12-20/h1-3,6-9,11,21-22,28H,4-5,12-15H2. The molecule has 0 saturated carbocycles. The zero-order chi connectivity index (χ0) is 20.9. The Bertz CT molecular complexity index is 1180. The van der Waals surface area contributed by atoms with E-state index >= 15 is 0 Å². The highest BCUT2D eigenvalue weighted by molar-refractivity contribution is 5.96. The predicted molar refractivity (Wildman–Crippen MR) is 120 cm³/mol. The minimum atomic E-state index is 0.191. The summed E-state index contributed by atoms with van der Waals surface area (Å²) >= 11 is 0. The molecule has 6 nitrogen and oxygen atoms in total. The van der Waals surface area contributed by atoms with Crippen molar-refractivity contribution in [3.8, 4) is 17.2 Å². The summed E-state index contributed by atoms with van der Waals surface area (Å²) in [5.74, 6) is 0.191. The third-order valence-electron chi connectivity index (χ3n) is 6.65. The highest BCUT2D eigenvalue weighted by Gasteiger charge is 2.42. The summed E-state index contributed by atoms with van der Waals surface area (Å²) in [5.41, 5.74) is 7.23. The predicted octanol–water partition coefficient (Wildman–Crippen LogP) is 2.45. The Morgan fingerprint density at radius 2 is 2.06 bits per heavy atom. The lowest BCUT2D eigenvalue weighted by Gasteiger charge is -2.41. The molecule has 31 heavy (non-hydrogen) atoms. The van der Waals surface area contributed by atoms with E-state index in [1.54, 1.807) is 0 Å². The van der Waals surface area contributed by atoms with E-state index in [1.165, 1.54) is 5.56 Å². The van der Waals surface area contributed by atoms with Crippen LogP contribution in [0.3, 0.4) is 0 Å². The van der Waals surface area contributed by atoms with E-state index in [9.17, 15) is 10.1 Å². The maximum Gasteiger partial charge on any atom is 0.250 e. The summed E-state index contributed by atoms with van der Waals surface area (Å²) < 4.78 is 0. The first-order valence-electron chi connectivity index (χ1n) is 10.9. The van der Waals surface area contributed by atoms with E-state index in [1.807, 2.05) is 35.4 Å². The Hall–Kier alpha value is -3.43. The highest BCUT2D eigenvalue weighted by atomic mass is 16.2. The quantitative estimate of drug-likeness (QED) is 0.788. The van der Waals surface area contributed by atoms with E-state index in [2.05, 4.69) is 39.5 Å². The first-order chi connectivity index (χ1) is 15.2. The summed E-state index contributed by atoms with van der Waals surface area (Å²) in [6, 6.07) is 15.1. The zero-order valence-electron chi connectivity index (χ0n) is 17.2. The van der Waals surface area contributed by atoms with Gasteiger partial charge in [-0.1, -0.05) is 24.3 Å². The average molecular weight is 409 g/mol. The molecule has 2 saturated heterocycles. The van der Waals surface area contributed by atoms with Crippen LogP contribution in [0.4, 0.5) is 5.69 Å². The maximum atomic E-state index is 12.7. The van der Waals surface area contributed by atoms with Crippen LogP contribution in [-0.2, 0) is 11.2 Å². The van der Waals surface area contributed by atoms with E-state index < -0.39 is 0 Å². The first kappa shape index (κ1) is 18.3. The molecule has 0 radical (unpaired) electrons. The van der Waals surface area contributed by atoms with Crippen molar-refractivity contribution >= 4 is 17.8 Å². The van der Waals surface area contributed by atoms with Gasteiger partial charge in [0.15, 0.2) is 0 Å². The largest absolute Gasteiger partial charge is 0.378 e. The van der Waals surface area contributed by atoms with Crippen molar-refractivity contribution in [3.63, 3.8) is 0 Å². The molecule has 2 atom stereocenters. The van der Waals surface area contributed by atoms with Crippen molar-refractivity contribution in [1.82, 2.24) is 9.80 Å². The molecule has 6 heteroatoms. The van der Waals surface area contributed by atoms with Crippen LogP contribution >= 0.6 is 0 Å². The molecule has 2 fully saturated rings. The normalized spacial score (nSPS) is 23.3. The van der Waals surface area contributed by atoms with E-state index in [0.717, 1.165) is 67.1 Å². The van der Waals surface area contributed by atoms with Gasteiger partial charge in [-0.3, -0.25) is 14.7 Å². The number of amides is 1. The molecular weight excluding hydrogens is 386 g/mol. The molecule has 0 aliphatic carbocycles. The van der Waals surface area contributed by atoms with Crippen LogP contribution in [0, 0.1) is 11.3 Å². The van der Waals surface area contributed by atoms with E-state index in [4.69, 9.17) is 0 Å². The topological polar surface area (TPSA) is 71.5 Å². The average Bonchev–Trinajstić information content (AvgIpc) is 3.40. The molecule has 4 aliphatic heterocycles. The Morgan fingerprint density at radius 1 is 1.16 bits per heavy atom. The number of fused-ring (bicyclic) bond motifs is 2. The fourth-order valence-electron chi connectivity index (χ4n) is 4.80. The minimum Gasteiger partial charge on any atom is -0.378 e. The number of hydrogen-bond acceptors (Lipinski definition) is 5. The van der Waals surface area contributed by atoms with Gasteiger partial charge in [-0.05, 0) is 41.3 Å². The van der Waals surface area contributed by atoms with Crippen LogP contribution < -0.4 is 5.32 Å². The van der Waals surface area contributed by atoms with Gasteiger partial charge in [0, 0.05) is 61.8 Å². The lowest BCUT2D eigenvalue weighted by Crippen LogP contribution is -2.57. The van der Waals surface area contributed by atoms with Crippen molar-refractivity contribution in [1.29, 1.82) is 5.26 Å². The number of likely N-dealkylation sites (tertiary alicyclic amines) is 1. The molecule has 6 rings (SSSR count). The van der Waals surface area contributed by atoms with Crippen molar-refractivity contribution < 1.29 is 4.79 Å². The smallest absolute Gasteiger partial charge is 0.250 e. The van der Waals surface area contributed by atoms with Gasteiger partial charge in [0.1, 0.15) is 0 Å². The number of carbonyl (C=O) groups excluding carboxylic acids is 1. The SMILES string of the molecule is N#Cc1cccc(-c2cc3c(c(NC4CN(C(=O)C5=CC6CN6C5)C4)c2)C=NCC3)c1. The first-order valence-corrected chi connectivity index (χ1v) is 10.9. The van der Waals surface area contributed by atoms with E-state index in [0.29, 0.717) is 11.6 Å². The number of nitriles is 1. The zero-order valence-corrected chi connectivity index (χ0v) is 17.2. The lowest BCUT2D eigenvalue weighted by atomic mass is 9.93. The van der Waals surface area contributed by atoms with Crippen molar-refractivity contribution in [2.24, 2.45) is 4.99 Å². The van der Waals surface area contributed by atoms with Crippen molar-refractivity contribution in [3.05, 3.63) is 64.7 Å². The fraction of sp³-hybridized carbons (Fsp3) is 0.320.